The lowest BCUT2D eigenvalue weighted by Gasteiger charge is -2.23. The van der Waals surface area contributed by atoms with E-state index >= 15 is 0 Å². The predicted octanol–water partition coefficient (Wildman–Crippen LogP) is 4.14. The number of aryl methyl sites for hydroxylation is 2. The third-order valence-corrected chi connectivity index (χ3v) is 6.43. The number of ether oxygens (including phenoxy) is 2. The zero-order valence-corrected chi connectivity index (χ0v) is 21.9. The number of fused-ring (bicyclic) bond motifs is 1. The Morgan fingerprint density at radius 1 is 1.30 bits per heavy atom. The summed E-state index contributed by atoms with van der Waals surface area (Å²) < 4.78 is 12.5. The van der Waals surface area contributed by atoms with Crippen LogP contribution in [0.2, 0.25) is 0 Å². The lowest BCUT2D eigenvalue weighted by molar-refractivity contribution is -0.124. The summed E-state index contributed by atoms with van der Waals surface area (Å²) in [4.78, 5) is 30.8. The molecule has 1 amide bonds. The Kier molecular flexibility index (Phi) is 8.14. The molecule has 3 heterocycles. The van der Waals surface area contributed by atoms with Crippen molar-refractivity contribution in [3.63, 3.8) is 0 Å². The first kappa shape index (κ1) is 26.6. The molecule has 9 nitrogen and oxygen atoms in total. The van der Waals surface area contributed by atoms with Gasteiger partial charge in [-0.3, -0.25) is 4.79 Å². The molecule has 1 aliphatic heterocycles. The lowest BCUT2D eigenvalue weighted by atomic mass is 10.0. The number of rotatable bonds is 10. The van der Waals surface area contributed by atoms with E-state index in [-0.39, 0.29) is 17.6 Å². The van der Waals surface area contributed by atoms with Gasteiger partial charge in [-0.05, 0) is 58.1 Å². The molecule has 1 saturated heterocycles. The highest BCUT2D eigenvalue weighted by Crippen LogP contribution is 2.34. The third kappa shape index (κ3) is 6.47. The number of esters is 1. The first-order valence-corrected chi connectivity index (χ1v) is 12.7. The monoisotopic (exact) mass is 508 g/mol. The van der Waals surface area contributed by atoms with E-state index in [1.54, 1.807) is 20.0 Å². The Labute approximate surface area is 217 Å². The number of pyridine rings is 1. The number of anilines is 2. The number of carbonyl (C=O) groups is 2. The summed E-state index contributed by atoms with van der Waals surface area (Å²) >= 11 is 0. The van der Waals surface area contributed by atoms with E-state index in [2.05, 4.69) is 10.6 Å². The third-order valence-electron chi connectivity index (χ3n) is 6.43. The van der Waals surface area contributed by atoms with E-state index < -0.39 is 17.7 Å². The molecule has 37 heavy (non-hydrogen) atoms. The predicted molar refractivity (Wildman–Crippen MR) is 143 cm³/mol. The molecule has 198 valence electrons. The van der Waals surface area contributed by atoms with Crippen LogP contribution in [0, 0.1) is 0 Å². The van der Waals surface area contributed by atoms with Gasteiger partial charge in [0.2, 0.25) is 0 Å². The van der Waals surface area contributed by atoms with Crippen LogP contribution in [0.3, 0.4) is 0 Å². The van der Waals surface area contributed by atoms with Gasteiger partial charge in [0.15, 0.2) is 5.69 Å². The van der Waals surface area contributed by atoms with Gasteiger partial charge in [0, 0.05) is 24.6 Å². The number of benzene rings is 1. The zero-order chi connectivity index (χ0) is 26.6. The van der Waals surface area contributed by atoms with Crippen molar-refractivity contribution >= 4 is 34.3 Å². The molecular weight excluding hydrogens is 472 g/mol. The van der Waals surface area contributed by atoms with Gasteiger partial charge < -0.3 is 29.8 Å². The second-order valence-electron chi connectivity index (χ2n) is 10.3. The molecule has 0 aliphatic carbocycles. The van der Waals surface area contributed by atoms with Crippen molar-refractivity contribution in [2.45, 2.75) is 70.7 Å². The maximum Gasteiger partial charge on any atom is 0.356 e. The summed E-state index contributed by atoms with van der Waals surface area (Å²) in [5, 5.41) is 17.1. The molecule has 3 N–H and O–H groups in total. The average Bonchev–Trinajstić information content (AvgIpc) is 3.49. The first-order chi connectivity index (χ1) is 17.7. The Morgan fingerprint density at radius 2 is 2.05 bits per heavy atom. The number of hydrogen-bond acceptors (Lipinski definition) is 7. The molecule has 0 bridgehead atoms. The number of hydrogen-bond donors (Lipinski definition) is 3. The Hall–Kier alpha value is -3.43. The van der Waals surface area contributed by atoms with E-state index in [0.29, 0.717) is 54.8 Å². The lowest BCUT2D eigenvalue weighted by Crippen LogP contribution is -2.29. The molecular formula is C28H36N4O5. The number of nitrogens with zero attached hydrogens (tertiary/aromatic N) is 2. The van der Waals surface area contributed by atoms with Crippen LogP contribution in [0.4, 0.5) is 11.4 Å². The van der Waals surface area contributed by atoms with Crippen molar-refractivity contribution < 1.29 is 24.2 Å². The summed E-state index contributed by atoms with van der Waals surface area (Å²) in [5.74, 6) is -0.850. The fourth-order valence-electron chi connectivity index (χ4n) is 4.92. The van der Waals surface area contributed by atoms with E-state index in [1.165, 1.54) is 7.11 Å². The van der Waals surface area contributed by atoms with Crippen LogP contribution >= 0.6 is 0 Å². The number of amides is 1. The van der Waals surface area contributed by atoms with E-state index in [1.807, 2.05) is 47.9 Å². The average molecular weight is 509 g/mol. The van der Waals surface area contributed by atoms with Gasteiger partial charge >= 0.3 is 5.97 Å². The summed E-state index contributed by atoms with van der Waals surface area (Å²) in [6, 6.07) is 11.8. The second kappa shape index (κ2) is 11.3. The normalized spacial score (nSPS) is 16.5. The summed E-state index contributed by atoms with van der Waals surface area (Å²) in [6.45, 7) is 6.51. The maximum absolute atomic E-state index is 13.1. The minimum atomic E-state index is -0.830. The van der Waals surface area contributed by atoms with Crippen molar-refractivity contribution in [3.05, 3.63) is 53.9 Å². The van der Waals surface area contributed by atoms with E-state index in [4.69, 9.17) is 14.5 Å². The van der Waals surface area contributed by atoms with E-state index in [0.717, 1.165) is 12.0 Å². The summed E-state index contributed by atoms with van der Waals surface area (Å²) in [7, 11) is 1.33. The smallest absolute Gasteiger partial charge is 0.356 e. The van der Waals surface area contributed by atoms with Gasteiger partial charge in [-0.2, -0.15) is 0 Å². The highest BCUT2D eigenvalue weighted by Gasteiger charge is 2.30. The Bertz CT molecular complexity index is 1240. The Morgan fingerprint density at radius 3 is 2.70 bits per heavy atom. The molecule has 0 saturated carbocycles. The molecule has 9 heteroatoms. The van der Waals surface area contributed by atoms with Crippen molar-refractivity contribution in [1.82, 2.24) is 9.55 Å². The molecule has 1 aromatic carbocycles. The molecule has 3 aromatic rings. The number of aromatic nitrogens is 2. The number of methoxy groups -OCH3 is 1. The van der Waals surface area contributed by atoms with Gasteiger partial charge in [-0.15, -0.1) is 0 Å². The van der Waals surface area contributed by atoms with Crippen LogP contribution < -0.4 is 10.6 Å². The largest absolute Gasteiger partial charge is 0.464 e. The van der Waals surface area contributed by atoms with Crippen molar-refractivity contribution in [1.29, 1.82) is 0 Å². The van der Waals surface area contributed by atoms with Crippen LogP contribution in [0.15, 0.2) is 42.6 Å². The second-order valence-corrected chi connectivity index (χ2v) is 10.3. The standard InChI is InChI=1S/C28H36N4O5/c1-18(16-28(2,3)35)30-20-15-21-23(31-26(33)22-11-8-14-37-22)24(27(34)36-4)32(25(21)29-17-20)13-12-19-9-6-5-7-10-19/h5-7,9-10,15,17-18,22,30,35H,8,11-14,16H2,1-4H3,(H,31,33)/t18-,22-/m1/s1. The van der Waals surface area contributed by atoms with Crippen molar-refractivity contribution in [2.75, 3.05) is 24.4 Å². The summed E-state index contributed by atoms with van der Waals surface area (Å²) in [5.41, 5.74) is 2.18. The number of nitrogens with one attached hydrogen (secondary N) is 2. The maximum atomic E-state index is 13.1. The highest BCUT2D eigenvalue weighted by molar-refractivity contribution is 6.12. The van der Waals surface area contributed by atoms with Gasteiger partial charge in [0.1, 0.15) is 11.8 Å². The quantitative estimate of drug-likeness (QED) is 0.353. The van der Waals surface area contributed by atoms with Gasteiger partial charge in [0.05, 0.1) is 30.3 Å². The number of aliphatic hydroxyl groups is 1. The summed E-state index contributed by atoms with van der Waals surface area (Å²) in [6.07, 6.45) is 3.78. The van der Waals surface area contributed by atoms with E-state index in [9.17, 15) is 14.7 Å². The molecule has 0 unspecified atom stereocenters. The first-order valence-electron chi connectivity index (χ1n) is 12.7. The number of carbonyl (C=O) groups excluding carboxylic acids is 2. The van der Waals surface area contributed by atoms with Gasteiger partial charge in [-0.25, -0.2) is 9.78 Å². The fraction of sp³-hybridized carbons (Fsp3) is 0.464. The van der Waals surface area contributed by atoms with Crippen LogP contribution in [-0.2, 0) is 27.2 Å². The van der Waals surface area contributed by atoms with Crippen LogP contribution in [0.5, 0.6) is 0 Å². The SMILES string of the molecule is COC(=O)c1c(NC(=O)[C@H]2CCCO2)c2cc(N[C@H](C)CC(C)(C)O)cnc2n1CCc1ccccc1. The Balaban J connectivity index is 1.76. The van der Waals surface area contributed by atoms with Gasteiger partial charge in [0.25, 0.3) is 5.91 Å². The van der Waals surface area contributed by atoms with Gasteiger partial charge in [-0.1, -0.05) is 30.3 Å². The van der Waals surface area contributed by atoms with Crippen molar-refractivity contribution in [3.8, 4) is 0 Å². The van der Waals surface area contributed by atoms with Crippen LogP contribution in [0.25, 0.3) is 11.0 Å². The molecule has 2 aromatic heterocycles. The molecule has 1 aliphatic rings. The minimum Gasteiger partial charge on any atom is -0.464 e. The zero-order valence-electron chi connectivity index (χ0n) is 21.9. The molecule has 2 atom stereocenters. The topological polar surface area (TPSA) is 115 Å². The molecule has 4 rings (SSSR count). The molecule has 0 spiro atoms. The van der Waals surface area contributed by atoms with Crippen molar-refractivity contribution in [2.24, 2.45) is 0 Å². The molecule has 1 fully saturated rings. The minimum absolute atomic E-state index is 0.0376. The fourth-order valence-corrected chi connectivity index (χ4v) is 4.92. The van der Waals surface area contributed by atoms with Crippen LogP contribution in [-0.4, -0.2) is 58.0 Å². The highest BCUT2D eigenvalue weighted by atomic mass is 16.5. The van der Waals surface area contributed by atoms with Crippen LogP contribution in [0.1, 0.15) is 56.1 Å². The molecule has 0 radical (unpaired) electrons.